The number of hydrogen-bond acceptors (Lipinski definition) is 5. The van der Waals surface area contributed by atoms with Crippen LogP contribution in [0.2, 0.25) is 0 Å². The van der Waals surface area contributed by atoms with Crippen molar-refractivity contribution >= 4 is 17.0 Å². The van der Waals surface area contributed by atoms with Crippen LogP contribution in [0, 0.1) is 10.1 Å². The molecule has 0 saturated heterocycles. The van der Waals surface area contributed by atoms with Gasteiger partial charge in [0.25, 0.3) is 11.2 Å². The molecule has 1 aromatic heterocycles. The number of ether oxygens (including phenoxy) is 2. The molecule has 0 unspecified atom stereocenters. The Balaban J connectivity index is 2.34. The predicted octanol–water partition coefficient (Wildman–Crippen LogP) is 2.68. The van der Waals surface area contributed by atoms with E-state index < -0.39 is 5.97 Å². The highest BCUT2D eigenvalue weighted by atomic mass is 16.5. The third kappa shape index (κ3) is 3.11. The molecule has 0 spiro atoms. The van der Waals surface area contributed by atoms with Gasteiger partial charge in [-0.05, 0) is 25.1 Å². The summed E-state index contributed by atoms with van der Waals surface area (Å²) in [5.41, 5.74) is 1.02. The van der Waals surface area contributed by atoms with Crippen LogP contribution < -0.4 is 9.16 Å². The lowest BCUT2D eigenvalue weighted by Gasteiger charge is -2.19. The predicted molar refractivity (Wildman–Crippen MR) is 96.4 cm³/mol. The smallest absolute Gasteiger partial charge is 0.312 e. The molecular weight excluding hydrogens is 336 g/mol. The van der Waals surface area contributed by atoms with Crippen molar-refractivity contribution in [1.29, 1.82) is 0 Å². The summed E-state index contributed by atoms with van der Waals surface area (Å²) >= 11 is 0. The van der Waals surface area contributed by atoms with Crippen molar-refractivity contribution in [2.75, 3.05) is 13.7 Å². The van der Waals surface area contributed by atoms with E-state index in [1.807, 2.05) is 0 Å². The third-order valence-electron chi connectivity index (χ3n) is 4.01. The monoisotopic (exact) mass is 354 g/mol. The molecule has 0 bridgehead atoms. The first-order chi connectivity index (χ1) is 12.6. The number of carbonyl (C=O) groups excluding carboxylic acids is 1. The number of esters is 1. The maximum atomic E-state index is 13.0. The molecular formula is C19H18N2O5. The van der Waals surface area contributed by atoms with E-state index in [0.717, 1.165) is 0 Å². The van der Waals surface area contributed by atoms with Crippen LogP contribution in [0.5, 0.6) is 5.75 Å². The molecule has 0 amide bonds. The number of nitrogens with zero attached hydrogens (tertiary/aromatic N) is 2. The number of rotatable bonds is 5. The zero-order valence-electron chi connectivity index (χ0n) is 14.5. The van der Waals surface area contributed by atoms with Crippen molar-refractivity contribution in [3.63, 3.8) is 0 Å². The van der Waals surface area contributed by atoms with Crippen LogP contribution in [0.1, 0.15) is 12.6 Å². The van der Waals surface area contributed by atoms with Gasteiger partial charge in [-0.2, -0.15) is 0 Å². The maximum Gasteiger partial charge on any atom is 0.312 e. The third-order valence-corrected chi connectivity index (χ3v) is 4.01. The van der Waals surface area contributed by atoms with Gasteiger partial charge in [-0.1, -0.05) is 18.2 Å². The molecule has 3 aromatic rings. The summed E-state index contributed by atoms with van der Waals surface area (Å²) in [4.78, 5) is 25.0. The first kappa shape index (κ1) is 17.5. The van der Waals surface area contributed by atoms with Gasteiger partial charge in [-0.15, -0.1) is 0 Å². The highest BCUT2D eigenvalue weighted by Gasteiger charge is 2.26. The first-order valence-electron chi connectivity index (χ1n) is 8.13. The molecule has 0 N–H and O–H groups in total. The molecule has 2 aromatic carbocycles. The summed E-state index contributed by atoms with van der Waals surface area (Å²) in [6.45, 7) is 1.87. The maximum absolute atomic E-state index is 13.0. The number of carbonyl (C=O) groups is 1. The summed E-state index contributed by atoms with van der Waals surface area (Å²) in [5, 5.41) is 13.0. The fourth-order valence-electron chi connectivity index (χ4n) is 2.83. The summed E-state index contributed by atoms with van der Waals surface area (Å²) in [5.74, 6) is -0.131. The molecule has 0 atom stereocenters. The van der Waals surface area contributed by atoms with Crippen molar-refractivity contribution in [3.8, 4) is 17.0 Å². The van der Waals surface area contributed by atoms with Gasteiger partial charge >= 0.3 is 5.97 Å². The van der Waals surface area contributed by atoms with Crippen molar-refractivity contribution in [2.24, 2.45) is 0 Å². The summed E-state index contributed by atoms with van der Waals surface area (Å²) in [6, 6.07) is 13.4. The van der Waals surface area contributed by atoms with Gasteiger partial charge in [-0.25, -0.2) is 0 Å². The number of aromatic nitrogens is 2. The van der Waals surface area contributed by atoms with Crippen molar-refractivity contribution in [1.82, 2.24) is 4.73 Å². The van der Waals surface area contributed by atoms with Crippen LogP contribution in [0.4, 0.5) is 0 Å². The standard InChI is InChI=1S/C19H18N2O5/c1-3-26-18(22)12-17-19(13-7-5-4-6-8-13)21(24)15-10-9-14(25-2)11-16(15)20(17)23/h4-11H,3,12H2,1-2H3. The van der Waals surface area contributed by atoms with E-state index in [4.69, 9.17) is 9.47 Å². The molecule has 134 valence electrons. The van der Waals surface area contributed by atoms with E-state index >= 15 is 0 Å². The zero-order valence-corrected chi connectivity index (χ0v) is 14.5. The minimum atomic E-state index is -0.573. The Hall–Kier alpha value is -3.35. The van der Waals surface area contributed by atoms with Gasteiger partial charge < -0.3 is 19.4 Å². The van der Waals surface area contributed by atoms with Crippen molar-refractivity contribution in [3.05, 3.63) is 64.3 Å². The summed E-state index contributed by atoms with van der Waals surface area (Å²) in [7, 11) is 1.47. The van der Waals surface area contributed by atoms with Crippen LogP contribution in [-0.2, 0) is 16.0 Å². The quantitative estimate of drug-likeness (QED) is 0.519. The minimum Gasteiger partial charge on any atom is -0.805 e. The lowest BCUT2D eigenvalue weighted by Crippen LogP contribution is -2.27. The van der Waals surface area contributed by atoms with E-state index in [0.29, 0.717) is 20.5 Å². The molecule has 0 fully saturated rings. The van der Waals surface area contributed by atoms with Crippen LogP contribution >= 0.6 is 0 Å². The van der Waals surface area contributed by atoms with E-state index in [2.05, 4.69) is 0 Å². The lowest BCUT2D eigenvalue weighted by molar-refractivity contribution is -0.452. The van der Waals surface area contributed by atoms with Crippen LogP contribution in [0.15, 0.2) is 48.5 Å². The summed E-state index contributed by atoms with van der Waals surface area (Å²) < 4.78 is 11.4. The fraction of sp³-hybridized carbons (Fsp3) is 0.211. The molecule has 7 nitrogen and oxygen atoms in total. The van der Waals surface area contributed by atoms with Gasteiger partial charge in [0.2, 0.25) is 0 Å². The molecule has 0 saturated carbocycles. The Morgan fingerprint density at radius 2 is 1.92 bits per heavy atom. The molecule has 0 aliphatic heterocycles. The number of benzene rings is 2. The van der Waals surface area contributed by atoms with E-state index in [-0.39, 0.29) is 35.4 Å². The van der Waals surface area contributed by atoms with E-state index in [1.165, 1.54) is 19.2 Å². The molecule has 0 aliphatic rings. The Labute approximate surface area is 149 Å². The van der Waals surface area contributed by atoms with Crippen molar-refractivity contribution < 1.29 is 18.7 Å². The Morgan fingerprint density at radius 3 is 2.58 bits per heavy atom. The second-order valence-electron chi connectivity index (χ2n) is 5.59. The largest absolute Gasteiger partial charge is 0.805 e. The van der Waals surface area contributed by atoms with Crippen LogP contribution in [0.3, 0.4) is 0 Å². The average Bonchev–Trinajstić information content (AvgIpc) is 2.66. The second kappa shape index (κ2) is 7.26. The van der Waals surface area contributed by atoms with Gasteiger partial charge in [0.1, 0.15) is 17.0 Å². The van der Waals surface area contributed by atoms with Crippen LogP contribution in [-0.4, -0.2) is 24.4 Å². The van der Waals surface area contributed by atoms with E-state index in [9.17, 15) is 14.9 Å². The average molecular weight is 354 g/mol. The minimum absolute atomic E-state index is 0.0328. The topological polar surface area (TPSA) is 86.5 Å². The SMILES string of the molecule is CCOC(=O)Cc1c(-c2ccccc2)[n+](=O)c2ccc(OC)cc2n1[O-]. The number of hydrogen-bond donors (Lipinski definition) is 0. The van der Waals surface area contributed by atoms with Crippen molar-refractivity contribution in [2.45, 2.75) is 13.3 Å². The number of methoxy groups -OCH3 is 1. The molecule has 7 heteroatoms. The van der Waals surface area contributed by atoms with Gasteiger partial charge in [0, 0.05) is 17.0 Å². The molecule has 1 heterocycles. The number of fused-ring (bicyclic) bond motifs is 1. The fourth-order valence-corrected chi connectivity index (χ4v) is 2.83. The molecule has 0 radical (unpaired) electrons. The van der Waals surface area contributed by atoms with Gasteiger partial charge in [-0.3, -0.25) is 4.79 Å². The Bertz CT molecular complexity index is 1010. The highest BCUT2D eigenvalue weighted by Crippen LogP contribution is 2.26. The normalized spacial score (nSPS) is 10.7. The molecule has 26 heavy (non-hydrogen) atoms. The Kier molecular flexibility index (Phi) is 4.88. The highest BCUT2D eigenvalue weighted by molar-refractivity contribution is 5.80. The molecule has 3 rings (SSSR count). The second-order valence-corrected chi connectivity index (χ2v) is 5.59. The van der Waals surface area contributed by atoms with E-state index in [1.54, 1.807) is 43.3 Å². The van der Waals surface area contributed by atoms with Gasteiger partial charge in [0.05, 0.1) is 30.1 Å². The van der Waals surface area contributed by atoms with Crippen LogP contribution in [0.25, 0.3) is 22.3 Å². The molecule has 0 aliphatic carbocycles. The lowest BCUT2D eigenvalue weighted by atomic mass is 10.1. The first-order valence-corrected chi connectivity index (χ1v) is 8.13. The Morgan fingerprint density at radius 1 is 1.19 bits per heavy atom. The zero-order chi connectivity index (χ0) is 18.7. The summed E-state index contributed by atoms with van der Waals surface area (Å²) in [6.07, 6.45) is -0.309. The van der Waals surface area contributed by atoms with Gasteiger partial charge in [0.15, 0.2) is 0 Å².